The largest absolute Gasteiger partial charge is 0.393 e. The summed E-state index contributed by atoms with van der Waals surface area (Å²) in [6.45, 7) is 8.84. The van der Waals surface area contributed by atoms with E-state index in [-0.39, 0.29) is 11.5 Å². The summed E-state index contributed by atoms with van der Waals surface area (Å²) >= 11 is 0. The molecule has 1 heterocycles. The minimum absolute atomic E-state index is 0.253. The highest BCUT2D eigenvalue weighted by Gasteiger charge is 2.23. The Labute approximate surface area is 98.5 Å². The van der Waals surface area contributed by atoms with Gasteiger partial charge in [0.25, 0.3) is 0 Å². The lowest BCUT2D eigenvalue weighted by atomic mass is 9.78. The van der Waals surface area contributed by atoms with E-state index in [2.05, 4.69) is 32.7 Å². The summed E-state index contributed by atoms with van der Waals surface area (Å²) < 4.78 is 1.96. The van der Waals surface area contributed by atoms with Crippen molar-refractivity contribution in [1.82, 2.24) is 9.55 Å². The zero-order valence-corrected chi connectivity index (χ0v) is 11.1. The monoisotopic (exact) mass is 224 g/mol. The number of hydrogen-bond acceptors (Lipinski definition) is 2. The van der Waals surface area contributed by atoms with Crippen LogP contribution in [0.5, 0.6) is 0 Å². The van der Waals surface area contributed by atoms with Gasteiger partial charge in [-0.25, -0.2) is 4.98 Å². The number of aliphatic hydroxyl groups excluding tert-OH is 1. The maximum atomic E-state index is 10.0. The van der Waals surface area contributed by atoms with E-state index in [1.54, 1.807) is 6.20 Å². The van der Waals surface area contributed by atoms with E-state index in [0.29, 0.717) is 12.3 Å². The predicted molar refractivity (Wildman–Crippen MR) is 66.2 cm³/mol. The van der Waals surface area contributed by atoms with Gasteiger partial charge in [0.2, 0.25) is 0 Å². The van der Waals surface area contributed by atoms with E-state index in [4.69, 9.17) is 0 Å². The molecule has 2 atom stereocenters. The Hall–Kier alpha value is -0.830. The van der Waals surface area contributed by atoms with Gasteiger partial charge in [0.05, 0.1) is 6.10 Å². The summed E-state index contributed by atoms with van der Waals surface area (Å²) in [5, 5.41) is 10.0. The van der Waals surface area contributed by atoms with Crippen LogP contribution in [0.25, 0.3) is 0 Å². The van der Waals surface area contributed by atoms with Gasteiger partial charge in [0.1, 0.15) is 5.82 Å². The van der Waals surface area contributed by atoms with Crippen LogP contribution < -0.4 is 0 Å². The minimum Gasteiger partial charge on any atom is -0.393 e. The van der Waals surface area contributed by atoms with Crippen LogP contribution in [0.4, 0.5) is 0 Å². The van der Waals surface area contributed by atoms with Gasteiger partial charge in [-0.1, -0.05) is 27.7 Å². The first-order valence-corrected chi connectivity index (χ1v) is 5.95. The van der Waals surface area contributed by atoms with E-state index in [0.717, 1.165) is 12.2 Å². The number of nitrogens with zero attached hydrogens (tertiary/aromatic N) is 2. The third-order valence-electron chi connectivity index (χ3n) is 3.44. The van der Waals surface area contributed by atoms with Crippen molar-refractivity contribution >= 4 is 0 Å². The SMILES string of the molecule is CC(CC(O)Cc1nccn1C)C(C)(C)C. The summed E-state index contributed by atoms with van der Waals surface area (Å²) in [5.41, 5.74) is 0.253. The average molecular weight is 224 g/mol. The third kappa shape index (κ3) is 3.63. The fourth-order valence-electron chi connectivity index (χ4n) is 1.65. The highest BCUT2D eigenvalue weighted by molar-refractivity contribution is 4.93. The minimum atomic E-state index is -0.296. The molecule has 1 aromatic rings. The first-order valence-electron chi connectivity index (χ1n) is 5.95. The molecule has 1 aromatic heterocycles. The van der Waals surface area contributed by atoms with Crippen molar-refractivity contribution in [2.75, 3.05) is 0 Å². The van der Waals surface area contributed by atoms with Crippen molar-refractivity contribution in [3.63, 3.8) is 0 Å². The van der Waals surface area contributed by atoms with Gasteiger partial charge in [0, 0.05) is 25.9 Å². The van der Waals surface area contributed by atoms with E-state index in [1.165, 1.54) is 0 Å². The van der Waals surface area contributed by atoms with Crippen LogP contribution in [-0.4, -0.2) is 20.8 Å². The van der Waals surface area contributed by atoms with Gasteiger partial charge in [-0.2, -0.15) is 0 Å². The van der Waals surface area contributed by atoms with Crippen LogP contribution >= 0.6 is 0 Å². The third-order valence-corrected chi connectivity index (χ3v) is 3.44. The smallest absolute Gasteiger partial charge is 0.110 e. The second kappa shape index (κ2) is 5.00. The van der Waals surface area contributed by atoms with Gasteiger partial charge in [0.15, 0.2) is 0 Å². The second-order valence-electron chi connectivity index (χ2n) is 5.82. The fraction of sp³-hybridized carbons (Fsp3) is 0.769. The van der Waals surface area contributed by atoms with Crippen molar-refractivity contribution in [2.45, 2.75) is 46.6 Å². The molecule has 3 heteroatoms. The Kier molecular flexibility index (Phi) is 4.14. The Morgan fingerprint density at radius 1 is 1.44 bits per heavy atom. The molecule has 16 heavy (non-hydrogen) atoms. The van der Waals surface area contributed by atoms with Crippen LogP contribution in [0, 0.1) is 11.3 Å². The molecule has 92 valence electrons. The lowest BCUT2D eigenvalue weighted by Gasteiger charge is -2.29. The van der Waals surface area contributed by atoms with Crippen molar-refractivity contribution < 1.29 is 5.11 Å². The lowest BCUT2D eigenvalue weighted by molar-refractivity contribution is 0.108. The Bertz CT molecular complexity index is 325. The molecule has 0 saturated heterocycles. The van der Waals surface area contributed by atoms with E-state index < -0.39 is 0 Å². The summed E-state index contributed by atoms with van der Waals surface area (Å²) in [6.07, 6.45) is 4.86. The summed E-state index contributed by atoms with van der Waals surface area (Å²) in [5.74, 6) is 1.45. The molecule has 0 aliphatic heterocycles. The Morgan fingerprint density at radius 3 is 2.50 bits per heavy atom. The molecule has 3 nitrogen and oxygen atoms in total. The number of hydrogen-bond donors (Lipinski definition) is 1. The summed E-state index contributed by atoms with van der Waals surface area (Å²) in [6, 6.07) is 0. The molecule has 0 amide bonds. The van der Waals surface area contributed by atoms with Gasteiger partial charge in [-0.3, -0.25) is 0 Å². The molecule has 0 fully saturated rings. The molecule has 1 rings (SSSR count). The fourth-order valence-corrected chi connectivity index (χ4v) is 1.65. The molecular weight excluding hydrogens is 200 g/mol. The number of aryl methyl sites for hydroxylation is 1. The van der Waals surface area contributed by atoms with Crippen LogP contribution in [0.3, 0.4) is 0 Å². The van der Waals surface area contributed by atoms with Crippen LogP contribution in [0.2, 0.25) is 0 Å². The van der Waals surface area contributed by atoms with Crippen LogP contribution in [0.1, 0.15) is 39.9 Å². The van der Waals surface area contributed by atoms with Crippen molar-refractivity contribution in [3.8, 4) is 0 Å². The molecule has 0 bridgehead atoms. The number of imidazole rings is 1. The summed E-state index contributed by atoms with van der Waals surface area (Å²) in [4.78, 5) is 4.23. The zero-order valence-electron chi connectivity index (χ0n) is 11.1. The molecule has 0 aromatic carbocycles. The normalized spacial score (nSPS) is 16.1. The molecule has 1 N–H and O–H groups in total. The first-order chi connectivity index (χ1) is 7.30. The molecule has 0 saturated carbocycles. The molecule has 2 unspecified atom stereocenters. The predicted octanol–water partition coefficient (Wildman–Crippen LogP) is 2.40. The molecule has 0 radical (unpaired) electrons. The highest BCUT2D eigenvalue weighted by Crippen LogP contribution is 2.29. The van der Waals surface area contributed by atoms with Gasteiger partial charge >= 0.3 is 0 Å². The molecule has 0 aliphatic carbocycles. The van der Waals surface area contributed by atoms with E-state index in [1.807, 2.05) is 17.8 Å². The number of rotatable bonds is 4. The van der Waals surface area contributed by atoms with Gasteiger partial charge in [-0.05, 0) is 17.8 Å². The zero-order chi connectivity index (χ0) is 12.3. The molecular formula is C13H24N2O. The average Bonchev–Trinajstić information content (AvgIpc) is 2.50. The number of aromatic nitrogens is 2. The lowest BCUT2D eigenvalue weighted by Crippen LogP contribution is -2.24. The van der Waals surface area contributed by atoms with Crippen LogP contribution in [0.15, 0.2) is 12.4 Å². The standard InChI is InChI=1S/C13H24N2O/c1-10(13(2,3)4)8-11(16)9-12-14-6-7-15(12)5/h6-7,10-11,16H,8-9H2,1-5H3. The Morgan fingerprint density at radius 2 is 2.06 bits per heavy atom. The summed E-state index contributed by atoms with van der Waals surface area (Å²) in [7, 11) is 1.96. The maximum Gasteiger partial charge on any atom is 0.110 e. The van der Waals surface area contributed by atoms with E-state index in [9.17, 15) is 5.11 Å². The van der Waals surface area contributed by atoms with Crippen molar-refractivity contribution in [2.24, 2.45) is 18.4 Å². The molecule has 0 aliphatic rings. The topological polar surface area (TPSA) is 38.1 Å². The van der Waals surface area contributed by atoms with Crippen molar-refractivity contribution in [3.05, 3.63) is 18.2 Å². The molecule has 0 spiro atoms. The van der Waals surface area contributed by atoms with E-state index >= 15 is 0 Å². The maximum absolute atomic E-state index is 10.0. The van der Waals surface area contributed by atoms with Crippen molar-refractivity contribution in [1.29, 1.82) is 0 Å². The van der Waals surface area contributed by atoms with Crippen LogP contribution in [-0.2, 0) is 13.5 Å². The number of aliphatic hydroxyl groups is 1. The quantitative estimate of drug-likeness (QED) is 0.852. The van der Waals surface area contributed by atoms with Gasteiger partial charge < -0.3 is 9.67 Å². The second-order valence-corrected chi connectivity index (χ2v) is 5.82. The van der Waals surface area contributed by atoms with Gasteiger partial charge in [-0.15, -0.1) is 0 Å². The highest BCUT2D eigenvalue weighted by atomic mass is 16.3. The Balaban J connectivity index is 2.48. The first kappa shape index (κ1) is 13.2.